The van der Waals surface area contributed by atoms with Crippen LogP contribution in [-0.2, 0) is 36.7 Å². The third-order valence-corrected chi connectivity index (χ3v) is 8.19. The second kappa shape index (κ2) is 15.7. The highest BCUT2D eigenvalue weighted by atomic mass is 35.5. The Balaban J connectivity index is 0.000000212. The molecule has 0 unspecified atom stereocenters. The molecule has 0 aliphatic heterocycles. The first kappa shape index (κ1) is 34.5. The van der Waals surface area contributed by atoms with Gasteiger partial charge in [-0.15, -0.1) is 0 Å². The standard InChI is InChI=1S/C19H16ClFN2OS.C16H14F3NO/c1-23-11-15(10-13-2-6-16(20)7-3-13)18(24)22-19(23)25-12-14-4-8-17(21)9-5-14;1-20(11-21)10-12-2-4-13(5-3-12)14-6-8-15(9-7-14)16(17,18)19/h2-9,11H,10,12H2,1H3;2-9,11H,10H2,1H3. The second-order valence-electron chi connectivity index (χ2n) is 10.5. The number of hydrogen-bond donors (Lipinski definition) is 0. The number of hydrogen-bond acceptors (Lipinski definition) is 4. The van der Waals surface area contributed by atoms with Crippen molar-refractivity contribution in [1.29, 1.82) is 0 Å². The normalized spacial score (nSPS) is 11.0. The van der Waals surface area contributed by atoms with Gasteiger partial charge in [-0.1, -0.05) is 84.0 Å². The number of carbonyl (C=O) groups is 1. The van der Waals surface area contributed by atoms with Gasteiger partial charge in [-0.25, -0.2) is 4.39 Å². The third kappa shape index (κ3) is 10.1. The molecule has 0 bridgehead atoms. The molecule has 0 atom stereocenters. The minimum atomic E-state index is -4.32. The van der Waals surface area contributed by atoms with Crippen LogP contribution in [0, 0.1) is 5.82 Å². The molecule has 0 saturated carbocycles. The zero-order valence-corrected chi connectivity index (χ0v) is 26.5. The molecular formula is C35H30ClF4N3O2S. The molecule has 4 aromatic carbocycles. The summed E-state index contributed by atoms with van der Waals surface area (Å²) < 4.78 is 52.3. The van der Waals surface area contributed by atoms with E-state index >= 15 is 0 Å². The molecule has 0 fully saturated rings. The van der Waals surface area contributed by atoms with Crippen LogP contribution in [0.4, 0.5) is 17.6 Å². The highest BCUT2D eigenvalue weighted by molar-refractivity contribution is 7.98. The minimum absolute atomic E-state index is 0.227. The number of alkyl halides is 3. The quantitative estimate of drug-likeness (QED) is 0.0686. The summed E-state index contributed by atoms with van der Waals surface area (Å²) >= 11 is 7.33. The van der Waals surface area contributed by atoms with Gasteiger partial charge in [0.05, 0.1) is 5.56 Å². The summed E-state index contributed by atoms with van der Waals surface area (Å²) in [5.74, 6) is 0.364. The Hall–Kier alpha value is -4.41. The average molecular weight is 668 g/mol. The van der Waals surface area contributed by atoms with Gasteiger partial charge >= 0.3 is 6.18 Å². The van der Waals surface area contributed by atoms with Gasteiger partial charge in [0.15, 0.2) is 5.16 Å². The predicted molar refractivity (Wildman–Crippen MR) is 174 cm³/mol. The number of carbonyl (C=O) groups excluding carboxylic acids is 1. The van der Waals surface area contributed by atoms with E-state index in [0.29, 0.717) is 34.5 Å². The summed E-state index contributed by atoms with van der Waals surface area (Å²) in [5.41, 5.74) is 4.25. The SMILES string of the molecule is CN(C=O)Cc1ccc(-c2ccc(C(F)(F)F)cc2)cc1.Cn1cc(Cc2ccc(Cl)cc2)c(=O)nc1SCc1ccc(F)cc1. The zero-order valence-electron chi connectivity index (χ0n) is 25.0. The van der Waals surface area contributed by atoms with E-state index in [9.17, 15) is 27.2 Å². The Labute approximate surface area is 273 Å². The van der Waals surface area contributed by atoms with Crippen LogP contribution in [0.1, 0.15) is 27.8 Å². The van der Waals surface area contributed by atoms with Gasteiger partial charge in [0.25, 0.3) is 5.56 Å². The van der Waals surface area contributed by atoms with Crippen molar-refractivity contribution in [2.75, 3.05) is 7.05 Å². The maximum Gasteiger partial charge on any atom is 0.416 e. The summed E-state index contributed by atoms with van der Waals surface area (Å²) in [4.78, 5) is 28.5. The lowest BCUT2D eigenvalue weighted by atomic mass is 10.0. The Morgan fingerprint density at radius 3 is 1.96 bits per heavy atom. The van der Waals surface area contributed by atoms with Crippen LogP contribution in [0.2, 0.25) is 5.02 Å². The molecule has 238 valence electrons. The van der Waals surface area contributed by atoms with Crippen LogP contribution in [0.5, 0.6) is 0 Å². The Morgan fingerprint density at radius 2 is 1.39 bits per heavy atom. The van der Waals surface area contributed by atoms with E-state index in [1.165, 1.54) is 40.9 Å². The molecule has 0 saturated heterocycles. The lowest BCUT2D eigenvalue weighted by molar-refractivity contribution is -0.137. The summed E-state index contributed by atoms with van der Waals surface area (Å²) in [5, 5.41) is 1.30. The maximum atomic E-state index is 12.9. The smallest absolute Gasteiger partial charge is 0.344 e. The van der Waals surface area contributed by atoms with Gasteiger partial charge in [0, 0.05) is 49.6 Å². The number of aromatic nitrogens is 2. The van der Waals surface area contributed by atoms with Crippen molar-refractivity contribution in [3.8, 4) is 11.1 Å². The maximum absolute atomic E-state index is 12.9. The summed E-state index contributed by atoms with van der Waals surface area (Å²) in [7, 11) is 3.54. The molecule has 1 amide bonds. The predicted octanol–water partition coefficient (Wildman–Crippen LogP) is 8.42. The van der Waals surface area contributed by atoms with E-state index in [1.807, 2.05) is 66.3 Å². The number of rotatable bonds is 9. The molecule has 1 heterocycles. The van der Waals surface area contributed by atoms with Crippen molar-refractivity contribution in [2.45, 2.75) is 30.1 Å². The molecule has 5 aromatic rings. The van der Waals surface area contributed by atoms with E-state index in [2.05, 4.69) is 4.98 Å². The van der Waals surface area contributed by atoms with E-state index in [4.69, 9.17) is 11.6 Å². The fourth-order valence-electron chi connectivity index (χ4n) is 4.37. The number of aryl methyl sites for hydroxylation is 1. The van der Waals surface area contributed by atoms with Gasteiger partial charge in [-0.2, -0.15) is 18.2 Å². The van der Waals surface area contributed by atoms with Gasteiger partial charge in [-0.05, 0) is 64.2 Å². The molecule has 0 radical (unpaired) electrons. The van der Waals surface area contributed by atoms with Crippen LogP contribution in [-0.4, -0.2) is 27.9 Å². The Morgan fingerprint density at radius 1 is 0.848 bits per heavy atom. The van der Waals surface area contributed by atoms with Crippen LogP contribution in [0.25, 0.3) is 11.1 Å². The molecule has 0 N–H and O–H groups in total. The molecule has 1 aromatic heterocycles. The second-order valence-corrected chi connectivity index (χ2v) is 11.9. The van der Waals surface area contributed by atoms with Crippen LogP contribution in [0.15, 0.2) is 113 Å². The van der Waals surface area contributed by atoms with Crippen LogP contribution >= 0.6 is 23.4 Å². The van der Waals surface area contributed by atoms with Crippen molar-refractivity contribution in [2.24, 2.45) is 7.05 Å². The first-order valence-electron chi connectivity index (χ1n) is 14.0. The lowest BCUT2D eigenvalue weighted by Gasteiger charge is -2.11. The first-order valence-corrected chi connectivity index (χ1v) is 15.4. The number of thioether (sulfide) groups is 1. The highest BCUT2D eigenvalue weighted by Crippen LogP contribution is 2.31. The van der Waals surface area contributed by atoms with Gasteiger partial charge in [0.2, 0.25) is 6.41 Å². The van der Waals surface area contributed by atoms with Crippen molar-refractivity contribution < 1.29 is 22.4 Å². The number of benzene rings is 4. The van der Waals surface area contributed by atoms with Crippen LogP contribution < -0.4 is 5.56 Å². The highest BCUT2D eigenvalue weighted by Gasteiger charge is 2.29. The summed E-state index contributed by atoms with van der Waals surface area (Å²) in [6.45, 7) is 0.497. The van der Waals surface area contributed by atoms with Crippen molar-refractivity contribution >= 4 is 29.8 Å². The molecule has 0 aliphatic rings. The number of nitrogens with zero attached hydrogens (tertiary/aromatic N) is 3. The minimum Gasteiger partial charge on any atom is -0.344 e. The van der Waals surface area contributed by atoms with Gasteiger partial charge < -0.3 is 9.47 Å². The molecule has 11 heteroatoms. The number of amides is 1. The van der Waals surface area contributed by atoms with Gasteiger partial charge in [-0.3, -0.25) is 9.59 Å². The van der Waals surface area contributed by atoms with Crippen LogP contribution in [0.3, 0.4) is 0 Å². The third-order valence-electron chi connectivity index (χ3n) is 6.82. The molecule has 5 rings (SSSR count). The Kier molecular flexibility index (Phi) is 11.8. The molecule has 0 aliphatic carbocycles. The van der Waals surface area contributed by atoms with Crippen molar-refractivity contribution in [3.63, 3.8) is 0 Å². The molecular weight excluding hydrogens is 638 g/mol. The van der Waals surface area contributed by atoms with E-state index in [0.717, 1.165) is 46.4 Å². The van der Waals surface area contributed by atoms with Crippen molar-refractivity contribution in [3.05, 3.63) is 152 Å². The van der Waals surface area contributed by atoms with Gasteiger partial charge in [0.1, 0.15) is 5.82 Å². The zero-order chi connectivity index (χ0) is 33.3. The largest absolute Gasteiger partial charge is 0.416 e. The van der Waals surface area contributed by atoms with E-state index in [1.54, 1.807) is 19.2 Å². The van der Waals surface area contributed by atoms with E-state index in [-0.39, 0.29) is 11.4 Å². The fraction of sp³-hybridized carbons (Fsp3) is 0.171. The fourth-order valence-corrected chi connectivity index (χ4v) is 5.39. The molecule has 46 heavy (non-hydrogen) atoms. The summed E-state index contributed by atoms with van der Waals surface area (Å²) in [6, 6.07) is 26.2. The molecule has 5 nitrogen and oxygen atoms in total. The number of halogens is 5. The first-order chi connectivity index (χ1) is 21.9. The average Bonchev–Trinajstić information content (AvgIpc) is 3.04. The summed E-state index contributed by atoms with van der Waals surface area (Å²) in [6.07, 6.45) is -1.25. The molecule has 0 spiro atoms. The van der Waals surface area contributed by atoms with Crippen molar-refractivity contribution in [1.82, 2.24) is 14.5 Å². The Bertz CT molecular complexity index is 1790. The monoisotopic (exact) mass is 667 g/mol. The topological polar surface area (TPSA) is 55.2 Å². The van der Waals surface area contributed by atoms with E-state index < -0.39 is 11.7 Å². The lowest BCUT2D eigenvalue weighted by Crippen LogP contribution is -2.18.